The van der Waals surface area contributed by atoms with Crippen molar-refractivity contribution < 1.29 is 14.4 Å². The van der Waals surface area contributed by atoms with Crippen LogP contribution >= 0.6 is 11.8 Å². The predicted molar refractivity (Wildman–Crippen MR) is 110 cm³/mol. The van der Waals surface area contributed by atoms with Gasteiger partial charge in [-0.05, 0) is 42.5 Å². The smallest absolute Gasteiger partial charge is 0.286 e. The van der Waals surface area contributed by atoms with Gasteiger partial charge in [0.05, 0.1) is 10.7 Å². The van der Waals surface area contributed by atoms with Gasteiger partial charge in [0.25, 0.3) is 5.24 Å². The molecule has 0 bridgehead atoms. The van der Waals surface area contributed by atoms with Crippen LogP contribution in [-0.4, -0.2) is 22.3 Å². The molecule has 1 atom stereocenters. The van der Waals surface area contributed by atoms with Gasteiger partial charge >= 0.3 is 0 Å². The van der Waals surface area contributed by atoms with Crippen molar-refractivity contribution in [2.24, 2.45) is 0 Å². The van der Waals surface area contributed by atoms with E-state index < -0.39 is 5.41 Å². The fourth-order valence-corrected chi connectivity index (χ4v) is 4.96. The molecule has 5 nitrogen and oxygen atoms in total. The molecule has 2 aromatic rings. The van der Waals surface area contributed by atoms with Crippen molar-refractivity contribution in [1.29, 1.82) is 0 Å². The zero-order chi connectivity index (χ0) is 19.6. The van der Waals surface area contributed by atoms with Gasteiger partial charge in [-0.1, -0.05) is 67.1 Å². The van der Waals surface area contributed by atoms with Crippen LogP contribution in [0.2, 0.25) is 0 Å². The summed E-state index contributed by atoms with van der Waals surface area (Å²) in [4.78, 5) is 36.2. The highest BCUT2D eigenvalue weighted by atomic mass is 32.2. The number of carbonyl (C=O) groups is 3. The standard InChI is InChI=1S/C22H22N2O3S/c25-19-18(28-21(27)24-19)14-15-8-10-17(11-9-15)23-20(26)22(12-4-5-13-22)16-6-2-1-3-7-16/h1-3,6-11,18H,4-5,12-14H2,(H,23,26)(H,24,25,27). The average Bonchev–Trinajstić information content (AvgIpc) is 3.32. The van der Waals surface area contributed by atoms with E-state index in [4.69, 9.17) is 0 Å². The Morgan fingerprint density at radius 2 is 1.71 bits per heavy atom. The Morgan fingerprint density at radius 3 is 2.32 bits per heavy atom. The highest BCUT2D eigenvalue weighted by molar-refractivity contribution is 8.15. The fourth-order valence-electron chi connectivity index (χ4n) is 4.10. The molecule has 1 saturated carbocycles. The van der Waals surface area contributed by atoms with Crippen molar-refractivity contribution in [3.63, 3.8) is 0 Å². The number of hydrogen-bond donors (Lipinski definition) is 2. The summed E-state index contributed by atoms with van der Waals surface area (Å²) in [5, 5.41) is 4.71. The molecule has 2 fully saturated rings. The van der Waals surface area contributed by atoms with E-state index in [1.807, 2.05) is 54.6 Å². The third kappa shape index (κ3) is 3.69. The predicted octanol–water partition coefficient (Wildman–Crippen LogP) is 4.03. The highest BCUT2D eigenvalue weighted by Crippen LogP contribution is 2.42. The number of amides is 3. The molecule has 3 amide bonds. The van der Waals surface area contributed by atoms with Gasteiger partial charge in [0, 0.05) is 5.69 Å². The molecule has 0 aromatic heterocycles. The Balaban J connectivity index is 1.46. The van der Waals surface area contributed by atoms with E-state index in [0.29, 0.717) is 6.42 Å². The first-order valence-corrected chi connectivity index (χ1v) is 10.4. The summed E-state index contributed by atoms with van der Waals surface area (Å²) in [6.45, 7) is 0. The lowest BCUT2D eigenvalue weighted by atomic mass is 9.78. The van der Waals surface area contributed by atoms with E-state index in [-0.39, 0.29) is 22.3 Å². The molecule has 2 N–H and O–H groups in total. The second-order valence-electron chi connectivity index (χ2n) is 7.39. The summed E-state index contributed by atoms with van der Waals surface area (Å²) >= 11 is 1.03. The van der Waals surface area contributed by atoms with Gasteiger partial charge < -0.3 is 5.32 Å². The SMILES string of the molecule is O=C1NC(=O)C(Cc2ccc(NC(=O)C3(c4ccccc4)CCCC3)cc2)S1. The van der Waals surface area contributed by atoms with E-state index >= 15 is 0 Å². The fraction of sp³-hybridized carbons (Fsp3) is 0.318. The number of nitrogens with one attached hydrogen (secondary N) is 2. The summed E-state index contributed by atoms with van der Waals surface area (Å²) in [5.74, 6) is -0.196. The van der Waals surface area contributed by atoms with Crippen LogP contribution in [0.25, 0.3) is 0 Å². The average molecular weight is 394 g/mol. The number of thioether (sulfide) groups is 1. The summed E-state index contributed by atoms with van der Waals surface area (Å²) in [6, 6.07) is 17.5. The molecule has 28 heavy (non-hydrogen) atoms. The monoisotopic (exact) mass is 394 g/mol. The molecule has 1 aliphatic heterocycles. The third-order valence-corrected chi connectivity index (χ3v) is 6.60. The zero-order valence-corrected chi connectivity index (χ0v) is 16.3. The van der Waals surface area contributed by atoms with Crippen molar-refractivity contribution in [1.82, 2.24) is 5.32 Å². The van der Waals surface area contributed by atoms with Crippen LogP contribution in [-0.2, 0) is 21.4 Å². The second kappa shape index (κ2) is 7.80. The van der Waals surface area contributed by atoms with Crippen molar-refractivity contribution >= 4 is 34.5 Å². The van der Waals surface area contributed by atoms with Crippen molar-refractivity contribution in [2.45, 2.75) is 42.8 Å². The third-order valence-electron chi connectivity index (χ3n) is 5.62. The molecule has 144 valence electrons. The van der Waals surface area contributed by atoms with Gasteiger partial charge in [-0.15, -0.1) is 0 Å². The normalized spacial score (nSPS) is 20.8. The van der Waals surface area contributed by atoms with Crippen LogP contribution in [0.5, 0.6) is 0 Å². The number of carbonyl (C=O) groups excluding carboxylic acids is 3. The second-order valence-corrected chi connectivity index (χ2v) is 8.57. The molecular formula is C22H22N2O3S. The minimum Gasteiger partial charge on any atom is -0.325 e. The summed E-state index contributed by atoms with van der Waals surface area (Å²) in [7, 11) is 0. The molecule has 1 unspecified atom stereocenters. The molecule has 4 rings (SSSR count). The van der Waals surface area contributed by atoms with Crippen molar-refractivity contribution in [2.75, 3.05) is 5.32 Å². The lowest BCUT2D eigenvalue weighted by Gasteiger charge is -2.28. The lowest BCUT2D eigenvalue weighted by molar-refractivity contribution is -0.121. The van der Waals surface area contributed by atoms with E-state index in [0.717, 1.165) is 54.3 Å². The maximum absolute atomic E-state index is 13.2. The van der Waals surface area contributed by atoms with Crippen LogP contribution in [0.1, 0.15) is 36.8 Å². The first kappa shape index (κ1) is 18.7. The van der Waals surface area contributed by atoms with Crippen LogP contribution in [0.3, 0.4) is 0 Å². The molecular weight excluding hydrogens is 372 g/mol. The molecule has 1 saturated heterocycles. The summed E-state index contributed by atoms with van der Waals surface area (Å²) < 4.78 is 0. The van der Waals surface area contributed by atoms with Crippen LogP contribution in [0.4, 0.5) is 10.5 Å². The minimum absolute atomic E-state index is 0.0419. The maximum Gasteiger partial charge on any atom is 0.286 e. The Hall–Kier alpha value is -2.60. The topological polar surface area (TPSA) is 75.3 Å². The Kier molecular flexibility index (Phi) is 5.22. The minimum atomic E-state index is -0.459. The van der Waals surface area contributed by atoms with Gasteiger partial charge in [-0.2, -0.15) is 0 Å². The molecule has 2 aromatic carbocycles. The first-order chi connectivity index (χ1) is 13.6. The molecule has 0 radical (unpaired) electrons. The van der Waals surface area contributed by atoms with E-state index in [1.54, 1.807) is 0 Å². The Morgan fingerprint density at radius 1 is 1.04 bits per heavy atom. The van der Waals surface area contributed by atoms with Gasteiger partial charge in [0.1, 0.15) is 0 Å². The van der Waals surface area contributed by atoms with Crippen LogP contribution in [0.15, 0.2) is 54.6 Å². The van der Waals surface area contributed by atoms with E-state index in [9.17, 15) is 14.4 Å². The first-order valence-electron chi connectivity index (χ1n) is 9.54. The number of rotatable bonds is 5. The van der Waals surface area contributed by atoms with Crippen LogP contribution < -0.4 is 10.6 Å². The van der Waals surface area contributed by atoms with Gasteiger partial charge in [0.2, 0.25) is 11.8 Å². The largest absolute Gasteiger partial charge is 0.325 e. The number of benzene rings is 2. The lowest BCUT2D eigenvalue weighted by Crippen LogP contribution is -2.37. The molecule has 0 spiro atoms. The quantitative estimate of drug-likeness (QED) is 0.803. The number of anilines is 1. The molecule has 1 aliphatic carbocycles. The van der Waals surface area contributed by atoms with Gasteiger partial charge in [-0.3, -0.25) is 19.7 Å². The summed E-state index contributed by atoms with van der Waals surface area (Å²) in [6.07, 6.45) is 4.33. The van der Waals surface area contributed by atoms with E-state index in [1.165, 1.54) is 0 Å². The summed E-state index contributed by atoms with van der Waals surface area (Å²) in [5.41, 5.74) is 2.32. The number of hydrogen-bond acceptors (Lipinski definition) is 4. The highest BCUT2D eigenvalue weighted by Gasteiger charge is 2.42. The zero-order valence-electron chi connectivity index (χ0n) is 15.4. The van der Waals surface area contributed by atoms with Crippen molar-refractivity contribution in [3.05, 3.63) is 65.7 Å². The maximum atomic E-state index is 13.2. The van der Waals surface area contributed by atoms with Gasteiger partial charge in [-0.25, -0.2) is 0 Å². The van der Waals surface area contributed by atoms with Gasteiger partial charge in [0.15, 0.2) is 0 Å². The van der Waals surface area contributed by atoms with Crippen molar-refractivity contribution in [3.8, 4) is 0 Å². The van der Waals surface area contributed by atoms with E-state index in [2.05, 4.69) is 10.6 Å². The molecule has 6 heteroatoms. The number of imide groups is 1. The Bertz CT molecular complexity index is 890. The van der Waals surface area contributed by atoms with Crippen LogP contribution in [0, 0.1) is 0 Å². The molecule has 1 heterocycles. The molecule has 2 aliphatic rings. The Labute approximate surface area is 168 Å².